The second-order valence-electron chi connectivity index (χ2n) is 6.16. The van der Waals surface area contributed by atoms with Crippen LogP contribution in [0.4, 0.5) is 0 Å². The number of rotatable bonds is 5. The van der Waals surface area contributed by atoms with Crippen molar-refractivity contribution in [3.8, 4) is 6.07 Å². The van der Waals surface area contributed by atoms with Gasteiger partial charge in [0.25, 0.3) is 0 Å². The maximum atomic E-state index is 12.2. The topological polar surface area (TPSA) is 47.3 Å². The number of nitriles is 1. The van der Waals surface area contributed by atoms with Crippen molar-refractivity contribution in [2.45, 2.75) is 57.9 Å². The Labute approximate surface area is 122 Å². The van der Waals surface area contributed by atoms with E-state index in [0.717, 1.165) is 51.4 Å². The van der Waals surface area contributed by atoms with Crippen LogP contribution in [0.2, 0.25) is 0 Å². The van der Waals surface area contributed by atoms with Gasteiger partial charge in [0, 0.05) is 32.6 Å². The Morgan fingerprint density at radius 2 is 1.90 bits per heavy atom. The number of carbonyl (C=O) groups excluding carboxylic acids is 1. The van der Waals surface area contributed by atoms with Crippen molar-refractivity contribution in [1.29, 1.82) is 5.26 Å². The molecule has 0 radical (unpaired) electrons. The van der Waals surface area contributed by atoms with Crippen molar-refractivity contribution in [3.05, 3.63) is 0 Å². The molecule has 0 aromatic carbocycles. The molecule has 0 aromatic heterocycles. The van der Waals surface area contributed by atoms with E-state index in [4.69, 9.17) is 5.26 Å². The monoisotopic (exact) mass is 277 g/mol. The van der Waals surface area contributed by atoms with Gasteiger partial charge in [-0.2, -0.15) is 5.26 Å². The number of amides is 1. The molecule has 4 heteroatoms. The molecule has 1 heterocycles. The highest BCUT2D eigenvalue weighted by Gasteiger charge is 2.25. The minimum absolute atomic E-state index is 0.0192. The van der Waals surface area contributed by atoms with E-state index in [0.29, 0.717) is 5.91 Å². The fourth-order valence-electron chi connectivity index (χ4n) is 3.50. The van der Waals surface area contributed by atoms with Gasteiger partial charge in [-0.1, -0.05) is 32.6 Å². The molecule has 1 unspecified atom stereocenters. The lowest BCUT2D eigenvalue weighted by Gasteiger charge is -2.36. The van der Waals surface area contributed by atoms with E-state index in [1.807, 2.05) is 11.8 Å². The van der Waals surface area contributed by atoms with Crippen molar-refractivity contribution in [2.24, 2.45) is 5.92 Å². The molecule has 1 amide bonds. The lowest BCUT2D eigenvalue weighted by atomic mass is 10.0. The maximum Gasteiger partial charge on any atom is 0.222 e. The maximum absolute atomic E-state index is 12.2. The molecular weight excluding hydrogens is 250 g/mol. The summed E-state index contributed by atoms with van der Waals surface area (Å²) in [7, 11) is 0. The van der Waals surface area contributed by atoms with Gasteiger partial charge in [-0.15, -0.1) is 0 Å². The summed E-state index contributed by atoms with van der Waals surface area (Å²) < 4.78 is 0. The average Bonchev–Trinajstić information content (AvgIpc) is 3.00. The Balaban J connectivity index is 1.70. The molecule has 4 nitrogen and oxygen atoms in total. The van der Waals surface area contributed by atoms with Crippen LogP contribution in [0.25, 0.3) is 0 Å². The molecule has 1 aliphatic carbocycles. The number of piperazine rings is 1. The van der Waals surface area contributed by atoms with Gasteiger partial charge < -0.3 is 4.90 Å². The third-order valence-electron chi connectivity index (χ3n) is 4.88. The summed E-state index contributed by atoms with van der Waals surface area (Å²) >= 11 is 0. The van der Waals surface area contributed by atoms with Crippen LogP contribution in [-0.4, -0.2) is 47.9 Å². The molecule has 0 aromatic rings. The Morgan fingerprint density at radius 3 is 2.45 bits per heavy atom. The van der Waals surface area contributed by atoms with E-state index < -0.39 is 0 Å². The second kappa shape index (κ2) is 7.64. The van der Waals surface area contributed by atoms with Crippen molar-refractivity contribution < 1.29 is 4.79 Å². The summed E-state index contributed by atoms with van der Waals surface area (Å²) in [5.74, 6) is 1.12. The first-order valence-corrected chi connectivity index (χ1v) is 8.16. The van der Waals surface area contributed by atoms with E-state index in [2.05, 4.69) is 11.0 Å². The molecule has 2 rings (SSSR count). The van der Waals surface area contributed by atoms with Gasteiger partial charge >= 0.3 is 0 Å². The molecule has 0 bridgehead atoms. The number of carbonyl (C=O) groups is 1. The molecule has 2 aliphatic rings. The van der Waals surface area contributed by atoms with E-state index in [1.54, 1.807) is 0 Å². The van der Waals surface area contributed by atoms with Crippen LogP contribution < -0.4 is 0 Å². The summed E-state index contributed by atoms with van der Waals surface area (Å²) in [6, 6.07) is 2.37. The second-order valence-corrected chi connectivity index (χ2v) is 6.16. The lowest BCUT2D eigenvalue weighted by molar-refractivity contribution is -0.133. The van der Waals surface area contributed by atoms with Crippen molar-refractivity contribution in [3.63, 3.8) is 0 Å². The van der Waals surface area contributed by atoms with Gasteiger partial charge in [0.2, 0.25) is 5.91 Å². The fourth-order valence-corrected chi connectivity index (χ4v) is 3.50. The zero-order valence-electron chi connectivity index (χ0n) is 12.7. The van der Waals surface area contributed by atoms with Crippen LogP contribution in [0.15, 0.2) is 0 Å². The third kappa shape index (κ3) is 3.96. The van der Waals surface area contributed by atoms with Crippen LogP contribution in [0.5, 0.6) is 0 Å². The van der Waals surface area contributed by atoms with Gasteiger partial charge in [0.15, 0.2) is 0 Å². The molecule has 1 saturated heterocycles. The summed E-state index contributed by atoms with van der Waals surface area (Å²) in [5.41, 5.74) is 0. The quantitative estimate of drug-likeness (QED) is 0.775. The molecule has 0 N–H and O–H groups in total. The number of hydrogen-bond donors (Lipinski definition) is 0. The first-order valence-electron chi connectivity index (χ1n) is 8.16. The standard InChI is InChI=1S/C16H27N3O/c1-2-15(13-17)18-9-11-19(12-10-18)16(20)8-7-14-5-3-4-6-14/h14-15H,2-12H2,1H3. The third-order valence-corrected chi connectivity index (χ3v) is 4.88. The largest absolute Gasteiger partial charge is 0.340 e. The molecular formula is C16H27N3O. The number of hydrogen-bond acceptors (Lipinski definition) is 3. The van der Waals surface area contributed by atoms with Gasteiger partial charge in [0.05, 0.1) is 12.1 Å². The molecule has 1 aliphatic heterocycles. The lowest BCUT2D eigenvalue weighted by Crippen LogP contribution is -2.51. The minimum Gasteiger partial charge on any atom is -0.340 e. The van der Waals surface area contributed by atoms with Crippen LogP contribution in [0.1, 0.15) is 51.9 Å². The highest BCUT2D eigenvalue weighted by Crippen LogP contribution is 2.28. The summed E-state index contributed by atoms with van der Waals surface area (Å²) in [6.07, 6.45) is 8.01. The average molecular weight is 277 g/mol. The van der Waals surface area contributed by atoms with E-state index in [9.17, 15) is 4.79 Å². The normalized spacial score (nSPS) is 22.7. The van der Waals surface area contributed by atoms with Gasteiger partial charge in [0.1, 0.15) is 0 Å². The Hall–Kier alpha value is -1.08. The zero-order chi connectivity index (χ0) is 14.4. The van der Waals surface area contributed by atoms with Gasteiger partial charge in [-0.3, -0.25) is 9.69 Å². The first-order chi connectivity index (χ1) is 9.74. The predicted molar refractivity (Wildman–Crippen MR) is 79.0 cm³/mol. The molecule has 20 heavy (non-hydrogen) atoms. The minimum atomic E-state index is 0.0192. The number of nitrogens with zero attached hydrogens (tertiary/aromatic N) is 3. The molecule has 1 atom stereocenters. The van der Waals surface area contributed by atoms with E-state index >= 15 is 0 Å². The molecule has 112 valence electrons. The first kappa shape index (κ1) is 15.3. The van der Waals surface area contributed by atoms with E-state index in [1.165, 1.54) is 25.7 Å². The highest BCUT2D eigenvalue weighted by atomic mass is 16.2. The van der Waals surface area contributed by atoms with Crippen molar-refractivity contribution in [2.75, 3.05) is 26.2 Å². The molecule has 1 saturated carbocycles. The predicted octanol–water partition coefficient (Wildman–Crippen LogP) is 2.40. The fraction of sp³-hybridized carbons (Fsp3) is 0.875. The smallest absolute Gasteiger partial charge is 0.222 e. The Kier molecular flexibility index (Phi) is 5.85. The highest BCUT2D eigenvalue weighted by molar-refractivity contribution is 5.76. The SMILES string of the molecule is CCC(C#N)N1CCN(C(=O)CCC2CCCC2)CC1. The van der Waals surface area contributed by atoms with Crippen molar-refractivity contribution in [1.82, 2.24) is 9.80 Å². The van der Waals surface area contributed by atoms with Crippen molar-refractivity contribution >= 4 is 5.91 Å². The summed E-state index contributed by atoms with van der Waals surface area (Å²) in [5, 5.41) is 9.09. The molecule has 0 spiro atoms. The summed E-state index contributed by atoms with van der Waals surface area (Å²) in [6.45, 7) is 5.33. The van der Waals surface area contributed by atoms with Gasteiger partial charge in [-0.05, 0) is 18.8 Å². The van der Waals surface area contributed by atoms with Crippen LogP contribution in [-0.2, 0) is 4.79 Å². The van der Waals surface area contributed by atoms with Gasteiger partial charge in [-0.25, -0.2) is 0 Å². The molecule has 2 fully saturated rings. The summed E-state index contributed by atoms with van der Waals surface area (Å²) in [4.78, 5) is 16.4. The Morgan fingerprint density at radius 1 is 1.25 bits per heavy atom. The van der Waals surface area contributed by atoms with Crippen LogP contribution >= 0.6 is 0 Å². The van der Waals surface area contributed by atoms with Crippen LogP contribution in [0.3, 0.4) is 0 Å². The Bertz CT molecular complexity index is 349. The van der Waals surface area contributed by atoms with E-state index in [-0.39, 0.29) is 6.04 Å². The zero-order valence-corrected chi connectivity index (χ0v) is 12.7. The van der Waals surface area contributed by atoms with Crippen LogP contribution in [0, 0.1) is 17.2 Å².